The first-order valence-corrected chi connectivity index (χ1v) is 7.63. The van der Waals surface area contributed by atoms with E-state index in [-0.39, 0.29) is 6.42 Å². The van der Waals surface area contributed by atoms with E-state index in [0.29, 0.717) is 24.8 Å². The molecule has 0 aliphatic rings. The summed E-state index contributed by atoms with van der Waals surface area (Å²) in [5, 5.41) is 13.1. The Labute approximate surface area is 123 Å². The number of aliphatic carboxylic acids is 1. The molecule has 0 radical (unpaired) electrons. The normalized spacial score (nSPS) is 10.9. The number of hydrogen-bond donors (Lipinski definition) is 2. The minimum absolute atomic E-state index is 0.198. The summed E-state index contributed by atoms with van der Waals surface area (Å²) >= 11 is 8.02. The molecule has 0 aliphatic heterocycles. The van der Waals surface area contributed by atoms with Crippen molar-refractivity contribution in [3.05, 3.63) is 28.8 Å². The van der Waals surface area contributed by atoms with Gasteiger partial charge in [0, 0.05) is 28.1 Å². The third-order valence-electron chi connectivity index (χ3n) is 2.48. The zero-order valence-electron chi connectivity index (χ0n) is 11.3. The van der Waals surface area contributed by atoms with Gasteiger partial charge in [0.25, 0.3) is 0 Å². The van der Waals surface area contributed by atoms with E-state index in [1.807, 2.05) is 12.1 Å². The second kappa shape index (κ2) is 8.46. The van der Waals surface area contributed by atoms with Gasteiger partial charge in [0.15, 0.2) is 0 Å². The van der Waals surface area contributed by atoms with Crippen molar-refractivity contribution in [3.8, 4) is 0 Å². The van der Waals surface area contributed by atoms with Crippen LogP contribution in [0.3, 0.4) is 0 Å². The first-order chi connectivity index (χ1) is 9.00. The summed E-state index contributed by atoms with van der Waals surface area (Å²) in [5.41, 5.74) is 1.10. The van der Waals surface area contributed by atoms with Gasteiger partial charge >= 0.3 is 5.97 Å². The van der Waals surface area contributed by atoms with E-state index in [1.54, 1.807) is 11.8 Å². The van der Waals surface area contributed by atoms with Crippen molar-refractivity contribution in [3.63, 3.8) is 0 Å². The minimum Gasteiger partial charge on any atom is -0.481 e. The highest BCUT2D eigenvalue weighted by molar-refractivity contribution is 8.00. The van der Waals surface area contributed by atoms with Gasteiger partial charge in [0.05, 0.1) is 0 Å². The lowest BCUT2D eigenvalue weighted by Gasteiger charge is -2.13. The summed E-state index contributed by atoms with van der Waals surface area (Å²) in [4.78, 5) is 11.6. The number of carboxylic acids is 1. The molecule has 5 heteroatoms. The molecule has 0 atom stereocenters. The number of thioether (sulfide) groups is 1. The second-order valence-corrected chi connectivity index (χ2v) is 6.58. The highest BCUT2D eigenvalue weighted by Crippen LogP contribution is 2.30. The Morgan fingerprint density at radius 2 is 2.21 bits per heavy atom. The van der Waals surface area contributed by atoms with Gasteiger partial charge in [-0.25, -0.2) is 0 Å². The highest BCUT2D eigenvalue weighted by atomic mass is 35.5. The van der Waals surface area contributed by atoms with E-state index in [9.17, 15) is 4.79 Å². The predicted octanol–water partition coefficient (Wildman–Crippen LogP) is 3.79. The molecule has 0 fully saturated rings. The maximum absolute atomic E-state index is 10.4. The van der Waals surface area contributed by atoms with Crippen LogP contribution >= 0.6 is 23.4 Å². The molecule has 19 heavy (non-hydrogen) atoms. The molecule has 0 amide bonds. The Bertz CT molecular complexity index is 424. The van der Waals surface area contributed by atoms with Crippen LogP contribution in [0, 0.1) is 0 Å². The van der Waals surface area contributed by atoms with Crippen molar-refractivity contribution in [2.45, 2.75) is 43.4 Å². The van der Waals surface area contributed by atoms with Crippen LogP contribution in [0.5, 0.6) is 0 Å². The van der Waals surface area contributed by atoms with Gasteiger partial charge in [-0.15, -0.1) is 11.8 Å². The second-order valence-electron chi connectivity index (χ2n) is 4.56. The van der Waals surface area contributed by atoms with E-state index in [1.165, 1.54) is 4.90 Å². The molecule has 1 aromatic rings. The molecular formula is C14H20ClNO2S. The molecule has 0 heterocycles. The quantitative estimate of drug-likeness (QED) is 0.566. The summed E-state index contributed by atoms with van der Waals surface area (Å²) in [5.74, 6) is -0.754. The summed E-state index contributed by atoms with van der Waals surface area (Å²) in [6.07, 6.45) is 0.829. The van der Waals surface area contributed by atoms with Gasteiger partial charge in [-0.3, -0.25) is 4.79 Å². The van der Waals surface area contributed by atoms with E-state index in [0.717, 1.165) is 10.6 Å². The SMILES string of the molecule is CC(C)Sc1cccc(Cl)c1CNCCCC(=O)O. The van der Waals surface area contributed by atoms with E-state index < -0.39 is 5.97 Å². The van der Waals surface area contributed by atoms with E-state index in [2.05, 4.69) is 25.2 Å². The molecule has 2 N–H and O–H groups in total. The molecule has 0 bridgehead atoms. The van der Waals surface area contributed by atoms with Crippen molar-refractivity contribution >= 4 is 29.3 Å². The van der Waals surface area contributed by atoms with Crippen molar-refractivity contribution in [1.29, 1.82) is 0 Å². The summed E-state index contributed by atoms with van der Waals surface area (Å²) in [6, 6.07) is 5.92. The van der Waals surface area contributed by atoms with Crippen molar-refractivity contribution in [2.24, 2.45) is 0 Å². The predicted molar refractivity (Wildman–Crippen MR) is 81.0 cm³/mol. The maximum Gasteiger partial charge on any atom is 0.303 e. The van der Waals surface area contributed by atoms with Crippen LogP contribution in [0.15, 0.2) is 23.1 Å². The van der Waals surface area contributed by atoms with Crippen LogP contribution in [-0.2, 0) is 11.3 Å². The average molecular weight is 302 g/mol. The topological polar surface area (TPSA) is 49.3 Å². The van der Waals surface area contributed by atoms with Gasteiger partial charge < -0.3 is 10.4 Å². The fraction of sp³-hybridized carbons (Fsp3) is 0.500. The Morgan fingerprint density at radius 3 is 2.84 bits per heavy atom. The lowest BCUT2D eigenvalue weighted by molar-refractivity contribution is -0.137. The van der Waals surface area contributed by atoms with Crippen LogP contribution < -0.4 is 5.32 Å². The average Bonchev–Trinajstić information content (AvgIpc) is 2.30. The number of hydrogen-bond acceptors (Lipinski definition) is 3. The van der Waals surface area contributed by atoms with Crippen molar-refractivity contribution in [1.82, 2.24) is 5.32 Å². The van der Waals surface area contributed by atoms with Gasteiger partial charge in [0.2, 0.25) is 0 Å². The first kappa shape index (κ1) is 16.3. The largest absolute Gasteiger partial charge is 0.481 e. The first-order valence-electron chi connectivity index (χ1n) is 6.37. The molecule has 1 rings (SSSR count). The molecule has 1 aromatic carbocycles. The summed E-state index contributed by atoms with van der Waals surface area (Å²) in [7, 11) is 0. The number of carboxylic acid groups (broad SMARTS) is 1. The molecule has 106 valence electrons. The molecule has 0 spiro atoms. The molecular weight excluding hydrogens is 282 g/mol. The fourth-order valence-corrected chi connectivity index (χ4v) is 2.94. The van der Waals surface area contributed by atoms with E-state index in [4.69, 9.17) is 16.7 Å². The lowest BCUT2D eigenvalue weighted by Crippen LogP contribution is -2.16. The van der Waals surface area contributed by atoms with Crippen LogP contribution in [0.25, 0.3) is 0 Å². The molecule has 0 saturated heterocycles. The van der Waals surface area contributed by atoms with E-state index >= 15 is 0 Å². The number of nitrogens with one attached hydrogen (secondary N) is 1. The van der Waals surface area contributed by atoms with Gasteiger partial charge in [-0.2, -0.15) is 0 Å². The zero-order valence-corrected chi connectivity index (χ0v) is 12.9. The molecule has 0 aliphatic carbocycles. The molecule has 0 saturated carbocycles. The summed E-state index contributed by atoms with van der Waals surface area (Å²) < 4.78 is 0. The highest BCUT2D eigenvalue weighted by Gasteiger charge is 2.09. The standard InChI is InChI=1S/C14H20ClNO2S/c1-10(2)19-13-6-3-5-12(15)11(13)9-16-8-4-7-14(17)18/h3,5-6,10,16H,4,7-9H2,1-2H3,(H,17,18). The van der Waals surface area contributed by atoms with Crippen LogP contribution in [0.4, 0.5) is 0 Å². The third-order valence-corrected chi connectivity index (χ3v) is 3.95. The fourth-order valence-electron chi connectivity index (χ4n) is 1.65. The number of benzene rings is 1. The smallest absolute Gasteiger partial charge is 0.303 e. The van der Waals surface area contributed by atoms with Gasteiger partial charge in [-0.05, 0) is 30.7 Å². The minimum atomic E-state index is -0.754. The monoisotopic (exact) mass is 301 g/mol. The van der Waals surface area contributed by atoms with Crippen LogP contribution in [0.1, 0.15) is 32.3 Å². The van der Waals surface area contributed by atoms with Crippen LogP contribution in [0.2, 0.25) is 5.02 Å². The Morgan fingerprint density at radius 1 is 1.47 bits per heavy atom. The van der Waals surface area contributed by atoms with Crippen molar-refractivity contribution in [2.75, 3.05) is 6.54 Å². The van der Waals surface area contributed by atoms with Crippen LogP contribution in [-0.4, -0.2) is 22.9 Å². The Kier molecular flexibility index (Phi) is 7.28. The molecule has 0 aromatic heterocycles. The summed E-state index contributed by atoms with van der Waals surface area (Å²) in [6.45, 7) is 5.66. The number of rotatable bonds is 8. The van der Waals surface area contributed by atoms with Gasteiger partial charge in [0.1, 0.15) is 0 Å². The maximum atomic E-state index is 10.4. The Hall–Kier alpha value is -0.710. The van der Waals surface area contributed by atoms with Gasteiger partial charge in [-0.1, -0.05) is 31.5 Å². The molecule has 3 nitrogen and oxygen atoms in total. The number of carbonyl (C=O) groups is 1. The Balaban J connectivity index is 2.53. The lowest BCUT2D eigenvalue weighted by atomic mass is 10.2. The third kappa shape index (κ3) is 6.32. The zero-order chi connectivity index (χ0) is 14.3. The van der Waals surface area contributed by atoms with Crippen molar-refractivity contribution < 1.29 is 9.90 Å². The molecule has 0 unspecified atom stereocenters. The number of halogens is 1.